The summed E-state index contributed by atoms with van der Waals surface area (Å²) in [7, 11) is 1.30. The van der Waals surface area contributed by atoms with Crippen LogP contribution in [-0.4, -0.2) is 36.7 Å². The van der Waals surface area contributed by atoms with E-state index in [1.807, 2.05) is 38.1 Å². The third-order valence-corrected chi connectivity index (χ3v) is 6.61. The lowest BCUT2D eigenvalue weighted by molar-refractivity contribution is -0.147. The van der Waals surface area contributed by atoms with E-state index in [4.69, 9.17) is 9.47 Å². The molecule has 0 spiro atoms. The largest absolute Gasteiger partial charge is 0.494 e. The molecule has 7 nitrogen and oxygen atoms in total. The van der Waals surface area contributed by atoms with E-state index in [-0.39, 0.29) is 11.5 Å². The SMILES string of the molecule is CCOc1ccc(-c2c(C)sc(NC(=O)[C@H]3CCCC[C@H]3C(=O)O)c2C(=O)OC)cc1. The molecule has 1 aromatic heterocycles. The van der Waals surface area contributed by atoms with Gasteiger partial charge in [0.2, 0.25) is 5.91 Å². The summed E-state index contributed by atoms with van der Waals surface area (Å²) in [6.45, 7) is 4.33. The first-order chi connectivity index (χ1) is 14.9. The predicted molar refractivity (Wildman–Crippen MR) is 119 cm³/mol. The zero-order chi connectivity index (χ0) is 22.5. The summed E-state index contributed by atoms with van der Waals surface area (Å²) in [5, 5.41) is 12.7. The molecule has 2 aromatic rings. The third kappa shape index (κ3) is 4.90. The average molecular weight is 446 g/mol. The summed E-state index contributed by atoms with van der Waals surface area (Å²) in [6.07, 6.45) is 2.62. The molecule has 1 aliphatic rings. The highest BCUT2D eigenvalue weighted by Crippen LogP contribution is 2.41. The lowest BCUT2D eigenvalue weighted by Gasteiger charge is -2.27. The molecule has 166 valence electrons. The Balaban J connectivity index is 1.95. The number of methoxy groups -OCH3 is 1. The number of hydrogen-bond acceptors (Lipinski definition) is 6. The smallest absolute Gasteiger partial charge is 0.341 e. The van der Waals surface area contributed by atoms with Gasteiger partial charge in [0.15, 0.2) is 0 Å². The van der Waals surface area contributed by atoms with Crippen LogP contribution in [-0.2, 0) is 14.3 Å². The van der Waals surface area contributed by atoms with Crippen molar-refractivity contribution in [2.45, 2.75) is 39.5 Å². The molecule has 1 amide bonds. The summed E-state index contributed by atoms with van der Waals surface area (Å²) in [5.41, 5.74) is 1.78. The molecule has 1 saturated carbocycles. The first-order valence-electron chi connectivity index (χ1n) is 10.4. The maximum absolute atomic E-state index is 13.0. The molecule has 0 unspecified atom stereocenters. The number of carboxylic acids is 1. The van der Waals surface area contributed by atoms with E-state index in [0.29, 0.717) is 30.0 Å². The minimum absolute atomic E-state index is 0.283. The number of ether oxygens (including phenoxy) is 2. The van der Waals surface area contributed by atoms with Crippen LogP contribution >= 0.6 is 11.3 Å². The van der Waals surface area contributed by atoms with Gasteiger partial charge in [0.25, 0.3) is 0 Å². The number of carbonyl (C=O) groups excluding carboxylic acids is 2. The number of anilines is 1. The Bertz CT molecular complexity index is 965. The Morgan fingerprint density at radius 3 is 2.35 bits per heavy atom. The Morgan fingerprint density at radius 2 is 1.77 bits per heavy atom. The van der Waals surface area contributed by atoms with Crippen LogP contribution in [0.2, 0.25) is 0 Å². The molecule has 1 heterocycles. The number of esters is 1. The fourth-order valence-electron chi connectivity index (χ4n) is 4.11. The van der Waals surface area contributed by atoms with Gasteiger partial charge < -0.3 is 19.9 Å². The van der Waals surface area contributed by atoms with Crippen LogP contribution < -0.4 is 10.1 Å². The normalized spacial score (nSPS) is 18.3. The van der Waals surface area contributed by atoms with Crippen molar-refractivity contribution in [3.05, 3.63) is 34.7 Å². The lowest BCUT2D eigenvalue weighted by atomic mass is 9.78. The first kappa shape index (κ1) is 22.8. The summed E-state index contributed by atoms with van der Waals surface area (Å²) in [5.74, 6) is -2.47. The van der Waals surface area contributed by atoms with Crippen molar-refractivity contribution < 1.29 is 29.0 Å². The number of carboxylic acid groups (broad SMARTS) is 1. The van der Waals surface area contributed by atoms with Crippen molar-refractivity contribution in [1.82, 2.24) is 0 Å². The van der Waals surface area contributed by atoms with Crippen LogP contribution in [0.3, 0.4) is 0 Å². The van der Waals surface area contributed by atoms with Gasteiger partial charge in [-0.3, -0.25) is 9.59 Å². The summed E-state index contributed by atoms with van der Waals surface area (Å²) < 4.78 is 10.5. The monoisotopic (exact) mass is 445 g/mol. The Morgan fingerprint density at radius 1 is 1.13 bits per heavy atom. The fourth-order valence-corrected chi connectivity index (χ4v) is 5.17. The molecule has 2 atom stereocenters. The number of amides is 1. The minimum Gasteiger partial charge on any atom is -0.494 e. The van der Waals surface area contributed by atoms with Crippen LogP contribution in [0, 0.1) is 18.8 Å². The number of rotatable bonds is 7. The van der Waals surface area contributed by atoms with Gasteiger partial charge in [0.1, 0.15) is 16.3 Å². The molecule has 1 aromatic carbocycles. The van der Waals surface area contributed by atoms with E-state index in [1.54, 1.807) is 0 Å². The second-order valence-corrected chi connectivity index (χ2v) is 8.74. The molecule has 0 radical (unpaired) electrons. The van der Waals surface area contributed by atoms with E-state index in [2.05, 4.69) is 5.32 Å². The van der Waals surface area contributed by atoms with Crippen LogP contribution in [0.25, 0.3) is 11.1 Å². The topological polar surface area (TPSA) is 102 Å². The molecule has 0 aliphatic heterocycles. The Hall–Kier alpha value is -2.87. The molecule has 1 fully saturated rings. The standard InChI is InChI=1S/C23H27NO6S/c1-4-30-15-11-9-14(10-12-15)18-13(2)31-21(19(18)23(28)29-3)24-20(25)16-7-5-6-8-17(16)22(26)27/h9-12,16-17H,4-8H2,1-3H3,(H,24,25)(H,26,27)/t16-,17+/m0/s1. The predicted octanol–water partition coefficient (Wildman–Crippen LogP) is 4.74. The van der Waals surface area contributed by atoms with Crippen molar-refractivity contribution in [2.75, 3.05) is 19.0 Å². The van der Waals surface area contributed by atoms with Gasteiger partial charge in [-0.05, 0) is 44.4 Å². The van der Waals surface area contributed by atoms with E-state index in [9.17, 15) is 19.5 Å². The fraction of sp³-hybridized carbons (Fsp3) is 0.435. The molecule has 1 aliphatic carbocycles. The lowest BCUT2D eigenvalue weighted by Crippen LogP contribution is -2.36. The van der Waals surface area contributed by atoms with Crippen LogP contribution in [0.5, 0.6) is 5.75 Å². The van der Waals surface area contributed by atoms with Gasteiger partial charge in [-0.25, -0.2) is 4.79 Å². The van der Waals surface area contributed by atoms with Gasteiger partial charge in [-0.15, -0.1) is 11.3 Å². The highest BCUT2D eigenvalue weighted by molar-refractivity contribution is 7.17. The van der Waals surface area contributed by atoms with Gasteiger partial charge in [0.05, 0.1) is 25.6 Å². The average Bonchev–Trinajstić information content (AvgIpc) is 3.09. The maximum Gasteiger partial charge on any atom is 0.341 e. The molecule has 0 bridgehead atoms. The minimum atomic E-state index is -0.953. The number of aliphatic carboxylic acids is 1. The molecule has 0 saturated heterocycles. The number of thiophene rings is 1. The third-order valence-electron chi connectivity index (χ3n) is 5.58. The molecular formula is C23H27NO6S. The number of carbonyl (C=O) groups is 3. The Kier molecular flexibility index (Phi) is 7.33. The number of hydrogen-bond donors (Lipinski definition) is 2. The van der Waals surface area contributed by atoms with Crippen molar-refractivity contribution in [3.8, 4) is 16.9 Å². The molecule has 3 rings (SSSR count). The summed E-state index contributed by atoms with van der Waals surface area (Å²) in [6, 6.07) is 7.38. The van der Waals surface area contributed by atoms with Crippen molar-refractivity contribution in [3.63, 3.8) is 0 Å². The second kappa shape index (κ2) is 9.96. The number of nitrogens with one attached hydrogen (secondary N) is 1. The van der Waals surface area contributed by atoms with Crippen molar-refractivity contribution in [1.29, 1.82) is 0 Å². The van der Waals surface area contributed by atoms with E-state index < -0.39 is 23.8 Å². The molecule has 2 N–H and O–H groups in total. The molecule has 31 heavy (non-hydrogen) atoms. The Labute approximate surface area is 185 Å². The van der Waals surface area contributed by atoms with Crippen LogP contribution in [0.15, 0.2) is 24.3 Å². The van der Waals surface area contributed by atoms with Crippen LogP contribution in [0.1, 0.15) is 47.8 Å². The van der Waals surface area contributed by atoms with Gasteiger partial charge in [0, 0.05) is 10.4 Å². The van der Waals surface area contributed by atoms with Crippen molar-refractivity contribution >= 4 is 34.2 Å². The van der Waals surface area contributed by atoms with E-state index in [1.165, 1.54) is 18.4 Å². The van der Waals surface area contributed by atoms with Gasteiger partial charge >= 0.3 is 11.9 Å². The van der Waals surface area contributed by atoms with Crippen LogP contribution in [0.4, 0.5) is 5.00 Å². The highest BCUT2D eigenvalue weighted by atomic mass is 32.1. The summed E-state index contributed by atoms with van der Waals surface area (Å²) in [4.78, 5) is 38.1. The quantitative estimate of drug-likeness (QED) is 0.597. The first-order valence-corrected chi connectivity index (χ1v) is 11.2. The summed E-state index contributed by atoms with van der Waals surface area (Å²) >= 11 is 1.28. The number of benzene rings is 1. The van der Waals surface area contributed by atoms with E-state index >= 15 is 0 Å². The second-order valence-electron chi connectivity index (χ2n) is 7.51. The molecule has 8 heteroatoms. The van der Waals surface area contributed by atoms with Crippen molar-refractivity contribution in [2.24, 2.45) is 11.8 Å². The highest BCUT2D eigenvalue weighted by Gasteiger charge is 2.36. The zero-order valence-electron chi connectivity index (χ0n) is 17.9. The molecular weight excluding hydrogens is 418 g/mol. The van der Waals surface area contributed by atoms with Gasteiger partial charge in [-0.1, -0.05) is 25.0 Å². The number of aryl methyl sites for hydroxylation is 1. The zero-order valence-corrected chi connectivity index (χ0v) is 18.7. The maximum atomic E-state index is 13.0. The van der Waals surface area contributed by atoms with E-state index in [0.717, 1.165) is 29.0 Å². The van der Waals surface area contributed by atoms with Gasteiger partial charge in [-0.2, -0.15) is 0 Å².